The molecule has 0 aliphatic carbocycles. The summed E-state index contributed by atoms with van der Waals surface area (Å²) in [6.07, 6.45) is 2.59. The highest BCUT2D eigenvalue weighted by atomic mass is 16.5. The number of carboxylic acid groups (broad SMARTS) is 1. The second kappa shape index (κ2) is 4.75. The lowest BCUT2D eigenvalue weighted by molar-refractivity contribution is -0.148. The molecule has 1 rings (SSSR count). The number of nitrogens with two attached hydrogens (primary N) is 1. The minimum atomic E-state index is -0.786. The maximum absolute atomic E-state index is 11.0. The molecule has 0 spiro atoms. The summed E-state index contributed by atoms with van der Waals surface area (Å²) in [4.78, 5) is 11.0. The van der Waals surface area contributed by atoms with Gasteiger partial charge in [0, 0.05) is 19.8 Å². The molecular formula is C10H19NO3. The molecule has 1 heterocycles. The van der Waals surface area contributed by atoms with Gasteiger partial charge in [0.1, 0.15) is 0 Å². The third kappa shape index (κ3) is 2.69. The van der Waals surface area contributed by atoms with E-state index in [1.165, 1.54) is 0 Å². The van der Waals surface area contributed by atoms with E-state index in [0.717, 1.165) is 26.1 Å². The zero-order valence-electron chi connectivity index (χ0n) is 8.66. The molecule has 3 N–H and O–H groups in total. The molecule has 0 saturated carbocycles. The third-order valence-corrected chi connectivity index (χ3v) is 3.05. The fraction of sp³-hybridized carbons (Fsp3) is 0.900. The Bertz CT molecular complexity index is 202. The molecular weight excluding hydrogens is 182 g/mol. The fourth-order valence-electron chi connectivity index (χ4n) is 1.85. The molecule has 0 aromatic heterocycles. The van der Waals surface area contributed by atoms with E-state index in [4.69, 9.17) is 15.6 Å². The second-order valence-electron chi connectivity index (χ2n) is 4.33. The first kappa shape index (κ1) is 11.5. The molecule has 0 radical (unpaired) electrons. The molecule has 1 saturated heterocycles. The first-order valence-corrected chi connectivity index (χ1v) is 5.10. The van der Waals surface area contributed by atoms with Crippen molar-refractivity contribution in [1.82, 2.24) is 0 Å². The van der Waals surface area contributed by atoms with Crippen LogP contribution in [0.4, 0.5) is 0 Å². The zero-order valence-corrected chi connectivity index (χ0v) is 8.66. The Kier molecular flexibility index (Phi) is 3.89. The van der Waals surface area contributed by atoms with Crippen LogP contribution in [0, 0.1) is 11.3 Å². The van der Waals surface area contributed by atoms with E-state index in [1.807, 2.05) is 0 Å². The topological polar surface area (TPSA) is 72.5 Å². The fourth-order valence-corrected chi connectivity index (χ4v) is 1.85. The van der Waals surface area contributed by atoms with Gasteiger partial charge in [-0.25, -0.2) is 0 Å². The van der Waals surface area contributed by atoms with E-state index in [-0.39, 0.29) is 6.54 Å². The van der Waals surface area contributed by atoms with Gasteiger partial charge in [-0.05, 0) is 32.1 Å². The number of aliphatic carboxylic acids is 1. The Balaban J connectivity index is 2.50. The van der Waals surface area contributed by atoms with Gasteiger partial charge in [0.15, 0.2) is 0 Å². The van der Waals surface area contributed by atoms with Crippen LogP contribution in [-0.2, 0) is 9.53 Å². The summed E-state index contributed by atoms with van der Waals surface area (Å²) in [6, 6.07) is 0. The molecule has 0 amide bonds. The van der Waals surface area contributed by atoms with E-state index in [9.17, 15) is 4.79 Å². The van der Waals surface area contributed by atoms with Crippen LogP contribution < -0.4 is 5.73 Å². The predicted octanol–water partition coefficient (Wildman–Crippen LogP) is 0.853. The van der Waals surface area contributed by atoms with Gasteiger partial charge in [0.25, 0.3) is 0 Å². The highest BCUT2D eigenvalue weighted by Crippen LogP contribution is 2.30. The number of hydrogen-bond acceptors (Lipinski definition) is 3. The minimum absolute atomic E-state index is 0.208. The molecule has 1 unspecified atom stereocenters. The monoisotopic (exact) mass is 201 g/mol. The smallest absolute Gasteiger partial charge is 0.310 e. The molecule has 14 heavy (non-hydrogen) atoms. The summed E-state index contributed by atoms with van der Waals surface area (Å²) in [5, 5.41) is 9.05. The van der Waals surface area contributed by atoms with Crippen LogP contribution in [0.5, 0.6) is 0 Å². The van der Waals surface area contributed by atoms with Crippen LogP contribution in [0.25, 0.3) is 0 Å². The molecule has 0 bridgehead atoms. The van der Waals surface area contributed by atoms with Gasteiger partial charge in [-0.3, -0.25) is 4.79 Å². The van der Waals surface area contributed by atoms with Crippen molar-refractivity contribution in [2.45, 2.75) is 26.2 Å². The zero-order chi connectivity index (χ0) is 10.6. The lowest BCUT2D eigenvalue weighted by Crippen LogP contribution is -2.38. The van der Waals surface area contributed by atoms with Gasteiger partial charge in [-0.15, -0.1) is 0 Å². The Hall–Kier alpha value is -0.610. The maximum atomic E-state index is 11.0. The van der Waals surface area contributed by atoms with Crippen LogP contribution in [0.3, 0.4) is 0 Å². The quantitative estimate of drug-likeness (QED) is 0.707. The summed E-state index contributed by atoms with van der Waals surface area (Å²) in [6.45, 7) is 3.44. The van der Waals surface area contributed by atoms with Crippen LogP contribution >= 0.6 is 0 Å². The van der Waals surface area contributed by atoms with Crippen molar-refractivity contribution >= 4 is 5.97 Å². The normalized spacial score (nSPS) is 23.0. The summed E-state index contributed by atoms with van der Waals surface area (Å²) >= 11 is 0. The Morgan fingerprint density at radius 2 is 2.14 bits per heavy atom. The van der Waals surface area contributed by atoms with Crippen LogP contribution in [0.15, 0.2) is 0 Å². The number of carbonyl (C=O) groups is 1. The van der Waals surface area contributed by atoms with Crippen LogP contribution in [-0.4, -0.2) is 30.8 Å². The maximum Gasteiger partial charge on any atom is 0.310 e. The van der Waals surface area contributed by atoms with Gasteiger partial charge in [-0.2, -0.15) is 0 Å². The highest BCUT2D eigenvalue weighted by Gasteiger charge is 2.34. The largest absolute Gasteiger partial charge is 0.481 e. The molecule has 4 nitrogen and oxygen atoms in total. The molecule has 4 heteroatoms. The summed E-state index contributed by atoms with van der Waals surface area (Å²) in [5.74, 6) is -0.333. The average Bonchev–Trinajstić information content (AvgIpc) is 2.19. The second-order valence-corrected chi connectivity index (χ2v) is 4.33. The molecule has 1 atom stereocenters. The average molecular weight is 201 g/mol. The first-order chi connectivity index (χ1) is 6.58. The van der Waals surface area contributed by atoms with Crippen molar-refractivity contribution in [1.29, 1.82) is 0 Å². The van der Waals surface area contributed by atoms with E-state index in [2.05, 4.69) is 0 Å². The van der Waals surface area contributed by atoms with E-state index in [0.29, 0.717) is 12.3 Å². The van der Waals surface area contributed by atoms with Gasteiger partial charge in [-0.1, -0.05) is 0 Å². The number of hydrogen-bond donors (Lipinski definition) is 2. The standard InChI is InChI=1S/C10H19NO3/c1-10(7-11,9(12)13)6-8-2-4-14-5-3-8/h8H,2-7,11H2,1H3,(H,12,13). The molecule has 0 aromatic rings. The Morgan fingerprint density at radius 3 is 2.57 bits per heavy atom. The van der Waals surface area contributed by atoms with Crippen molar-refractivity contribution in [3.05, 3.63) is 0 Å². The van der Waals surface area contributed by atoms with Gasteiger partial charge in [0.2, 0.25) is 0 Å². The van der Waals surface area contributed by atoms with Crippen molar-refractivity contribution in [2.24, 2.45) is 17.1 Å². The number of carboxylic acids is 1. The lowest BCUT2D eigenvalue weighted by Gasteiger charge is -2.30. The molecule has 1 fully saturated rings. The Morgan fingerprint density at radius 1 is 1.57 bits per heavy atom. The van der Waals surface area contributed by atoms with Crippen LogP contribution in [0.1, 0.15) is 26.2 Å². The Labute approximate surface area is 84.4 Å². The van der Waals surface area contributed by atoms with Crippen molar-refractivity contribution < 1.29 is 14.6 Å². The lowest BCUT2D eigenvalue weighted by atomic mass is 9.78. The molecule has 1 aliphatic heterocycles. The number of rotatable bonds is 4. The summed E-state index contributed by atoms with van der Waals surface area (Å²) in [7, 11) is 0. The molecule has 0 aromatic carbocycles. The summed E-state index contributed by atoms with van der Waals surface area (Å²) < 4.78 is 5.23. The SMILES string of the molecule is CC(CN)(CC1CCOCC1)C(=O)O. The predicted molar refractivity (Wildman–Crippen MR) is 53.0 cm³/mol. The van der Waals surface area contributed by atoms with Crippen molar-refractivity contribution in [3.8, 4) is 0 Å². The van der Waals surface area contributed by atoms with Crippen LogP contribution in [0.2, 0.25) is 0 Å². The van der Waals surface area contributed by atoms with Gasteiger partial charge < -0.3 is 15.6 Å². The van der Waals surface area contributed by atoms with Crippen molar-refractivity contribution in [3.63, 3.8) is 0 Å². The number of ether oxygens (including phenoxy) is 1. The highest BCUT2D eigenvalue weighted by molar-refractivity contribution is 5.74. The molecule has 1 aliphatic rings. The van der Waals surface area contributed by atoms with Gasteiger partial charge >= 0.3 is 5.97 Å². The van der Waals surface area contributed by atoms with E-state index >= 15 is 0 Å². The summed E-state index contributed by atoms with van der Waals surface area (Å²) in [5.41, 5.74) is 4.75. The van der Waals surface area contributed by atoms with E-state index in [1.54, 1.807) is 6.92 Å². The molecule has 82 valence electrons. The van der Waals surface area contributed by atoms with Gasteiger partial charge in [0.05, 0.1) is 5.41 Å². The minimum Gasteiger partial charge on any atom is -0.481 e. The van der Waals surface area contributed by atoms with E-state index < -0.39 is 11.4 Å². The first-order valence-electron chi connectivity index (χ1n) is 5.10. The third-order valence-electron chi connectivity index (χ3n) is 3.05. The van der Waals surface area contributed by atoms with Crippen molar-refractivity contribution in [2.75, 3.05) is 19.8 Å².